The largest absolute Gasteiger partial charge is 0.465 e. The van der Waals surface area contributed by atoms with E-state index in [4.69, 9.17) is 10.5 Å². The molecule has 1 saturated carbocycles. The van der Waals surface area contributed by atoms with Gasteiger partial charge in [-0.05, 0) is 19.8 Å². The molecule has 1 atom stereocenters. The van der Waals surface area contributed by atoms with Gasteiger partial charge in [-0.25, -0.2) is 9.78 Å². The lowest BCUT2D eigenvalue weighted by atomic mass is 10.3. The van der Waals surface area contributed by atoms with Gasteiger partial charge >= 0.3 is 5.97 Å². The van der Waals surface area contributed by atoms with E-state index in [1.165, 1.54) is 24.2 Å². The smallest absolute Gasteiger partial charge is 0.330 e. The maximum absolute atomic E-state index is 11.4. The van der Waals surface area contributed by atoms with E-state index in [1.807, 2.05) is 5.38 Å². The highest BCUT2D eigenvalue weighted by atomic mass is 32.1. The summed E-state index contributed by atoms with van der Waals surface area (Å²) in [5.41, 5.74) is 6.81. The minimum Gasteiger partial charge on any atom is -0.465 e. The van der Waals surface area contributed by atoms with Crippen molar-refractivity contribution in [1.29, 1.82) is 0 Å². The molecule has 0 saturated heterocycles. The van der Waals surface area contributed by atoms with E-state index in [0.717, 1.165) is 5.69 Å². The molecule has 1 fully saturated rings. The monoisotopic (exact) mass is 226 g/mol. The predicted molar refractivity (Wildman–Crippen MR) is 57.7 cm³/mol. The standard InChI is InChI=1S/C10H14N2O2S/c1-2-14-10(13)8(11)9-12-7(5-15-9)6-3-4-6/h5-6,8H,2-4,11H2,1H3. The Labute approximate surface area is 92.5 Å². The maximum atomic E-state index is 11.4. The first-order valence-electron chi connectivity index (χ1n) is 5.10. The maximum Gasteiger partial charge on any atom is 0.330 e. The topological polar surface area (TPSA) is 65.2 Å². The van der Waals surface area contributed by atoms with Crippen LogP contribution >= 0.6 is 11.3 Å². The van der Waals surface area contributed by atoms with Gasteiger partial charge in [0, 0.05) is 11.3 Å². The lowest BCUT2D eigenvalue weighted by Gasteiger charge is -2.06. The van der Waals surface area contributed by atoms with E-state index in [9.17, 15) is 4.79 Å². The highest BCUT2D eigenvalue weighted by molar-refractivity contribution is 7.09. The first-order valence-corrected chi connectivity index (χ1v) is 5.98. The zero-order chi connectivity index (χ0) is 10.8. The average molecular weight is 226 g/mol. The van der Waals surface area contributed by atoms with Crippen LogP contribution in [-0.2, 0) is 9.53 Å². The van der Waals surface area contributed by atoms with Crippen LogP contribution in [0.3, 0.4) is 0 Å². The molecule has 0 bridgehead atoms. The van der Waals surface area contributed by atoms with Crippen molar-refractivity contribution in [3.8, 4) is 0 Å². The number of hydrogen-bond donors (Lipinski definition) is 1. The summed E-state index contributed by atoms with van der Waals surface area (Å²) < 4.78 is 4.85. The Morgan fingerprint density at radius 3 is 3.13 bits per heavy atom. The van der Waals surface area contributed by atoms with E-state index < -0.39 is 12.0 Å². The van der Waals surface area contributed by atoms with Crippen LogP contribution in [0, 0.1) is 0 Å². The third-order valence-corrected chi connectivity index (χ3v) is 3.29. The van der Waals surface area contributed by atoms with Crippen molar-refractivity contribution in [2.45, 2.75) is 31.7 Å². The van der Waals surface area contributed by atoms with Crippen molar-refractivity contribution in [2.75, 3.05) is 6.61 Å². The summed E-state index contributed by atoms with van der Waals surface area (Å²) in [5.74, 6) is 0.207. The molecule has 15 heavy (non-hydrogen) atoms. The molecule has 1 aliphatic rings. The predicted octanol–water partition coefficient (Wildman–Crippen LogP) is 1.58. The Morgan fingerprint density at radius 2 is 2.53 bits per heavy atom. The first kappa shape index (κ1) is 10.6. The van der Waals surface area contributed by atoms with E-state index in [2.05, 4.69) is 4.98 Å². The van der Waals surface area contributed by atoms with Crippen LogP contribution in [0.4, 0.5) is 0 Å². The summed E-state index contributed by atoms with van der Waals surface area (Å²) in [5, 5.41) is 2.65. The molecule has 2 N–H and O–H groups in total. The highest BCUT2D eigenvalue weighted by Gasteiger charge is 2.28. The normalized spacial score (nSPS) is 17.5. The Morgan fingerprint density at radius 1 is 1.80 bits per heavy atom. The molecule has 4 nitrogen and oxygen atoms in total. The lowest BCUT2D eigenvalue weighted by molar-refractivity contribution is -0.144. The molecule has 0 aliphatic heterocycles. The number of nitrogens with zero attached hydrogens (tertiary/aromatic N) is 1. The molecular formula is C10H14N2O2S. The molecular weight excluding hydrogens is 212 g/mol. The zero-order valence-corrected chi connectivity index (χ0v) is 9.42. The van der Waals surface area contributed by atoms with Gasteiger partial charge in [0.1, 0.15) is 5.01 Å². The van der Waals surface area contributed by atoms with Gasteiger partial charge in [0.2, 0.25) is 0 Å². The minimum atomic E-state index is -0.720. The Kier molecular flexibility index (Phi) is 3.02. The molecule has 82 valence electrons. The molecule has 1 heterocycles. The molecule has 0 radical (unpaired) electrons. The van der Waals surface area contributed by atoms with E-state index in [1.54, 1.807) is 6.92 Å². The summed E-state index contributed by atoms with van der Waals surface area (Å²) in [6.45, 7) is 2.12. The van der Waals surface area contributed by atoms with Crippen LogP contribution in [0.5, 0.6) is 0 Å². The second-order valence-electron chi connectivity index (χ2n) is 3.61. The number of carbonyl (C=O) groups excluding carboxylic acids is 1. The fourth-order valence-electron chi connectivity index (χ4n) is 1.34. The van der Waals surface area contributed by atoms with Crippen molar-refractivity contribution in [3.05, 3.63) is 16.1 Å². The summed E-state index contributed by atoms with van der Waals surface area (Å²) >= 11 is 1.44. The number of thiazole rings is 1. The number of carbonyl (C=O) groups is 1. The van der Waals surface area contributed by atoms with Crippen LogP contribution in [0.15, 0.2) is 5.38 Å². The number of esters is 1. The molecule has 2 rings (SSSR count). The molecule has 0 spiro atoms. The Bertz CT molecular complexity index is 360. The van der Waals surface area contributed by atoms with Gasteiger partial charge in [0.15, 0.2) is 6.04 Å². The molecule has 1 aromatic rings. The van der Waals surface area contributed by atoms with Crippen LogP contribution in [0.1, 0.15) is 42.4 Å². The zero-order valence-electron chi connectivity index (χ0n) is 8.60. The Hall–Kier alpha value is -0.940. The van der Waals surface area contributed by atoms with Crippen molar-refractivity contribution >= 4 is 17.3 Å². The van der Waals surface area contributed by atoms with E-state index in [-0.39, 0.29) is 0 Å². The molecule has 5 heteroatoms. The van der Waals surface area contributed by atoms with E-state index >= 15 is 0 Å². The van der Waals surface area contributed by atoms with Crippen LogP contribution in [-0.4, -0.2) is 17.6 Å². The van der Waals surface area contributed by atoms with Crippen molar-refractivity contribution < 1.29 is 9.53 Å². The second kappa shape index (κ2) is 4.28. The van der Waals surface area contributed by atoms with Gasteiger partial charge in [-0.15, -0.1) is 11.3 Å². The number of ether oxygens (including phenoxy) is 1. The number of hydrogen-bond acceptors (Lipinski definition) is 5. The summed E-state index contributed by atoms with van der Waals surface area (Å²) in [4.78, 5) is 15.7. The quantitative estimate of drug-likeness (QED) is 0.792. The summed E-state index contributed by atoms with van der Waals surface area (Å²) in [7, 11) is 0. The lowest BCUT2D eigenvalue weighted by Crippen LogP contribution is -2.23. The summed E-state index contributed by atoms with van der Waals surface area (Å²) in [6.07, 6.45) is 2.41. The molecule has 1 aromatic heterocycles. The van der Waals surface area contributed by atoms with Gasteiger partial charge in [-0.1, -0.05) is 0 Å². The summed E-state index contributed by atoms with van der Waals surface area (Å²) in [6, 6.07) is -0.720. The third kappa shape index (κ3) is 2.35. The van der Waals surface area contributed by atoms with Gasteiger partial charge < -0.3 is 10.5 Å². The van der Waals surface area contributed by atoms with E-state index in [0.29, 0.717) is 17.5 Å². The molecule has 1 unspecified atom stereocenters. The third-order valence-electron chi connectivity index (χ3n) is 2.34. The van der Waals surface area contributed by atoms with Crippen molar-refractivity contribution in [2.24, 2.45) is 5.73 Å². The van der Waals surface area contributed by atoms with Gasteiger partial charge in [0.05, 0.1) is 12.3 Å². The average Bonchev–Trinajstić information content (AvgIpc) is 2.96. The minimum absolute atomic E-state index is 0.355. The fourth-order valence-corrected chi connectivity index (χ4v) is 2.23. The van der Waals surface area contributed by atoms with Crippen molar-refractivity contribution in [1.82, 2.24) is 4.98 Å². The van der Waals surface area contributed by atoms with Crippen LogP contribution < -0.4 is 5.73 Å². The second-order valence-corrected chi connectivity index (χ2v) is 4.50. The van der Waals surface area contributed by atoms with Crippen molar-refractivity contribution in [3.63, 3.8) is 0 Å². The highest BCUT2D eigenvalue weighted by Crippen LogP contribution is 2.40. The number of aromatic nitrogens is 1. The SMILES string of the molecule is CCOC(=O)C(N)c1nc(C2CC2)cs1. The molecule has 1 aliphatic carbocycles. The molecule has 0 amide bonds. The van der Waals surface area contributed by atoms with Gasteiger partial charge in [0.25, 0.3) is 0 Å². The number of nitrogens with two attached hydrogens (primary N) is 1. The van der Waals surface area contributed by atoms with Gasteiger partial charge in [-0.3, -0.25) is 0 Å². The van der Waals surface area contributed by atoms with Crippen LogP contribution in [0.2, 0.25) is 0 Å². The molecule has 0 aromatic carbocycles. The fraction of sp³-hybridized carbons (Fsp3) is 0.600. The van der Waals surface area contributed by atoms with Gasteiger partial charge in [-0.2, -0.15) is 0 Å². The first-order chi connectivity index (χ1) is 7.22. The number of rotatable bonds is 4. The Balaban J connectivity index is 2.04. The van der Waals surface area contributed by atoms with Crippen LogP contribution in [0.25, 0.3) is 0 Å².